The van der Waals surface area contributed by atoms with Crippen LogP contribution in [0.1, 0.15) is 45.1 Å². The number of ether oxygens (including phenoxy) is 2. The van der Waals surface area contributed by atoms with Crippen molar-refractivity contribution < 1.29 is 14.3 Å². The summed E-state index contributed by atoms with van der Waals surface area (Å²) in [6.45, 7) is 6.56. The number of nitrogens with one attached hydrogen (secondary N) is 2. The van der Waals surface area contributed by atoms with Crippen molar-refractivity contribution in [2.24, 2.45) is 5.92 Å². The summed E-state index contributed by atoms with van der Waals surface area (Å²) < 4.78 is 11.2. The average molecular weight is 334 g/mol. The van der Waals surface area contributed by atoms with Crippen molar-refractivity contribution in [2.45, 2.75) is 52.1 Å². The number of carbonyl (C=O) groups excluding carboxylic acids is 1. The Balaban J connectivity index is 1.83. The molecule has 0 saturated carbocycles. The van der Waals surface area contributed by atoms with E-state index in [0.717, 1.165) is 37.1 Å². The fourth-order valence-electron chi connectivity index (χ4n) is 2.77. The Hall–Kier alpha value is -1.75. The third-order valence-electron chi connectivity index (χ3n) is 4.26. The molecule has 1 aliphatic rings. The molecule has 1 unspecified atom stereocenters. The van der Waals surface area contributed by atoms with Gasteiger partial charge in [-0.05, 0) is 49.4 Å². The van der Waals surface area contributed by atoms with Crippen molar-refractivity contribution >= 4 is 5.91 Å². The van der Waals surface area contributed by atoms with Gasteiger partial charge in [0.25, 0.3) is 0 Å². The van der Waals surface area contributed by atoms with Crippen LogP contribution in [-0.2, 0) is 11.3 Å². The zero-order chi connectivity index (χ0) is 17.4. The summed E-state index contributed by atoms with van der Waals surface area (Å²) in [7, 11) is 1.64. The smallest absolute Gasteiger partial charge is 0.221 e. The zero-order valence-corrected chi connectivity index (χ0v) is 15.1. The van der Waals surface area contributed by atoms with Crippen LogP contribution in [0.15, 0.2) is 18.2 Å². The molecule has 0 aliphatic carbocycles. The standard InChI is InChI=1S/C19H30N2O3/c1-14(2)8-10-24-17-7-6-15(11-18(17)23-3)13-21-19(22)12-16-5-4-9-20-16/h6-7,11,14,16,20H,4-5,8-10,12-13H2,1-3H3,(H,21,22). The molecule has 1 aliphatic heterocycles. The number of benzene rings is 1. The maximum Gasteiger partial charge on any atom is 0.221 e. The molecule has 1 atom stereocenters. The SMILES string of the molecule is COc1cc(CNC(=O)CC2CCCN2)ccc1OCCC(C)C. The van der Waals surface area contributed by atoms with Gasteiger partial charge in [-0.2, -0.15) is 0 Å². The topological polar surface area (TPSA) is 59.6 Å². The van der Waals surface area contributed by atoms with Gasteiger partial charge in [-0.1, -0.05) is 19.9 Å². The number of rotatable bonds is 9. The molecule has 0 bridgehead atoms. The van der Waals surface area contributed by atoms with Crippen LogP contribution in [0.5, 0.6) is 11.5 Å². The first-order valence-corrected chi connectivity index (χ1v) is 8.88. The molecule has 1 amide bonds. The summed E-state index contributed by atoms with van der Waals surface area (Å²) in [6, 6.07) is 6.15. The van der Waals surface area contributed by atoms with Crippen LogP contribution < -0.4 is 20.1 Å². The summed E-state index contributed by atoms with van der Waals surface area (Å²) >= 11 is 0. The van der Waals surface area contributed by atoms with Crippen LogP contribution >= 0.6 is 0 Å². The number of amides is 1. The van der Waals surface area contributed by atoms with Crippen molar-refractivity contribution in [1.29, 1.82) is 0 Å². The van der Waals surface area contributed by atoms with E-state index in [1.54, 1.807) is 7.11 Å². The molecular weight excluding hydrogens is 304 g/mol. The lowest BCUT2D eigenvalue weighted by Crippen LogP contribution is -2.31. The molecule has 1 heterocycles. The van der Waals surface area contributed by atoms with E-state index in [9.17, 15) is 4.79 Å². The van der Waals surface area contributed by atoms with Crippen LogP contribution in [0.2, 0.25) is 0 Å². The van der Waals surface area contributed by atoms with Gasteiger partial charge in [0.2, 0.25) is 5.91 Å². The molecule has 1 saturated heterocycles. The van der Waals surface area contributed by atoms with Crippen LogP contribution in [0.25, 0.3) is 0 Å². The molecule has 24 heavy (non-hydrogen) atoms. The van der Waals surface area contributed by atoms with Gasteiger partial charge in [-0.15, -0.1) is 0 Å². The third kappa shape index (κ3) is 6.04. The number of methoxy groups -OCH3 is 1. The van der Waals surface area contributed by atoms with E-state index in [1.165, 1.54) is 0 Å². The summed E-state index contributed by atoms with van der Waals surface area (Å²) in [5.41, 5.74) is 1.01. The largest absolute Gasteiger partial charge is 0.493 e. The van der Waals surface area contributed by atoms with Crippen LogP contribution in [0, 0.1) is 5.92 Å². The van der Waals surface area contributed by atoms with Gasteiger partial charge in [0.15, 0.2) is 11.5 Å². The fraction of sp³-hybridized carbons (Fsp3) is 0.632. The van der Waals surface area contributed by atoms with Crippen molar-refractivity contribution in [3.63, 3.8) is 0 Å². The Bertz CT molecular complexity index is 525. The first-order chi connectivity index (χ1) is 11.6. The molecule has 5 nitrogen and oxygen atoms in total. The second kappa shape index (κ2) is 9.52. The summed E-state index contributed by atoms with van der Waals surface area (Å²) in [6.07, 6.45) is 3.81. The second-order valence-corrected chi connectivity index (χ2v) is 6.79. The quantitative estimate of drug-likeness (QED) is 0.729. The molecule has 5 heteroatoms. The number of hydrogen-bond donors (Lipinski definition) is 2. The van der Waals surface area contributed by atoms with Crippen molar-refractivity contribution in [2.75, 3.05) is 20.3 Å². The lowest BCUT2D eigenvalue weighted by atomic mass is 10.1. The fourth-order valence-corrected chi connectivity index (χ4v) is 2.77. The van der Waals surface area contributed by atoms with Crippen molar-refractivity contribution in [3.05, 3.63) is 23.8 Å². The Morgan fingerprint density at radius 3 is 2.88 bits per heavy atom. The van der Waals surface area contributed by atoms with Gasteiger partial charge in [0.1, 0.15) is 0 Å². The molecule has 0 aromatic heterocycles. The minimum Gasteiger partial charge on any atom is -0.493 e. The van der Waals surface area contributed by atoms with E-state index < -0.39 is 0 Å². The van der Waals surface area contributed by atoms with E-state index in [-0.39, 0.29) is 5.91 Å². The molecule has 0 radical (unpaired) electrons. The Labute approximate surface area is 145 Å². The predicted molar refractivity (Wildman–Crippen MR) is 95.4 cm³/mol. The summed E-state index contributed by atoms with van der Waals surface area (Å²) in [5.74, 6) is 2.16. The van der Waals surface area contributed by atoms with Gasteiger partial charge < -0.3 is 20.1 Å². The second-order valence-electron chi connectivity index (χ2n) is 6.79. The van der Waals surface area contributed by atoms with Gasteiger partial charge in [-0.3, -0.25) is 4.79 Å². The average Bonchev–Trinajstić information content (AvgIpc) is 3.06. The molecule has 1 aromatic carbocycles. The maximum absolute atomic E-state index is 12.0. The Morgan fingerprint density at radius 1 is 1.38 bits per heavy atom. The third-order valence-corrected chi connectivity index (χ3v) is 4.26. The van der Waals surface area contributed by atoms with E-state index in [0.29, 0.717) is 37.3 Å². The van der Waals surface area contributed by atoms with Crippen LogP contribution in [0.4, 0.5) is 0 Å². The minimum absolute atomic E-state index is 0.0885. The monoisotopic (exact) mass is 334 g/mol. The molecule has 2 N–H and O–H groups in total. The minimum atomic E-state index is 0.0885. The van der Waals surface area contributed by atoms with Gasteiger partial charge in [0, 0.05) is 19.0 Å². The molecular formula is C19H30N2O3. The van der Waals surface area contributed by atoms with E-state index in [2.05, 4.69) is 24.5 Å². The van der Waals surface area contributed by atoms with Crippen molar-refractivity contribution in [3.8, 4) is 11.5 Å². The first-order valence-electron chi connectivity index (χ1n) is 8.88. The highest BCUT2D eigenvalue weighted by Gasteiger charge is 2.17. The highest BCUT2D eigenvalue weighted by atomic mass is 16.5. The lowest BCUT2D eigenvalue weighted by molar-refractivity contribution is -0.121. The van der Waals surface area contributed by atoms with Gasteiger partial charge >= 0.3 is 0 Å². The Kier molecular flexibility index (Phi) is 7.37. The molecule has 134 valence electrons. The Morgan fingerprint density at radius 2 is 2.21 bits per heavy atom. The summed E-state index contributed by atoms with van der Waals surface area (Å²) in [4.78, 5) is 12.0. The zero-order valence-electron chi connectivity index (χ0n) is 15.1. The van der Waals surface area contributed by atoms with Crippen LogP contribution in [0.3, 0.4) is 0 Å². The van der Waals surface area contributed by atoms with Gasteiger partial charge in [-0.25, -0.2) is 0 Å². The number of carbonyl (C=O) groups is 1. The molecule has 0 spiro atoms. The lowest BCUT2D eigenvalue weighted by Gasteiger charge is -2.14. The highest BCUT2D eigenvalue weighted by molar-refractivity contribution is 5.76. The van der Waals surface area contributed by atoms with Crippen molar-refractivity contribution in [1.82, 2.24) is 10.6 Å². The predicted octanol–water partition coefficient (Wildman–Crippen LogP) is 2.88. The molecule has 2 rings (SSSR count). The maximum atomic E-state index is 12.0. The number of hydrogen-bond acceptors (Lipinski definition) is 4. The van der Waals surface area contributed by atoms with E-state index >= 15 is 0 Å². The van der Waals surface area contributed by atoms with Crippen LogP contribution in [-0.4, -0.2) is 32.2 Å². The normalized spacial score (nSPS) is 17.1. The molecule has 1 aromatic rings. The first kappa shape index (κ1) is 18.6. The molecule has 1 fully saturated rings. The highest BCUT2D eigenvalue weighted by Crippen LogP contribution is 2.28. The van der Waals surface area contributed by atoms with Gasteiger partial charge in [0.05, 0.1) is 13.7 Å². The van der Waals surface area contributed by atoms with E-state index in [4.69, 9.17) is 9.47 Å². The van der Waals surface area contributed by atoms with E-state index in [1.807, 2.05) is 18.2 Å². The summed E-state index contributed by atoms with van der Waals surface area (Å²) in [5, 5.41) is 6.32.